The Kier molecular flexibility index (Phi) is 4.18. The molecule has 3 fully saturated rings. The predicted molar refractivity (Wildman–Crippen MR) is 96.7 cm³/mol. The average molecular weight is 405 g/mol. The lowest BCUT2D eigenvalue weighted by Crippen LogP contribution is -2.39. The molecule has 0 aromatic heterocycles. The number of rotatable bonds is 4. The van der Waals surface area contributed by atoms with Gasteiger partial charge in [-0.3, -0.25) is 19.3 Å². The zero-order chi connectivity index (χ0) is 17.7. The Morgan fingerprint density at radius 2 is 1.84 bits per heavy atom. The van der Waals surface area contributed by atoms with Gasteiger partial charge in [-0.1, -0.05) is 22.9 Å². The van der Waals surface area contributed by atoms with Gasteiger partial charge in [0.1, 0.15) is 6.54 Å². The first kappa shape index (κ1) is 16.8. The van der Waals surface area contributed by atoms with Gasteiger partial charge in [0, 0.05) is 10.2 Å². The number of fused-ring (bicyclic) bond motifs is 5. The minimum atomic E-state index is -0.314. The lowest BCUT2D eigenvalue weighted by molar-refractivity contribution is -0.143. The number of halogens is 1. The van der Waals surface area contributed by atoms with Crippen molar-refractivity contribution in [3.63, 3.8) is 0 Å². The number of hydrogen-bond acceptors (Lipinski definition) is 3. The molecule has 4 atom stereocenters. The van der Waals surface area contributed by atoms with Crippen LogP contribution in [0.3, 0.4) is 0 Å². The van der Waals surface area contributed by atoms with Crippen LogP contribution in [0.4, 0.5) is 5.69 Å². The summed E-state index contributed by atoms with van der Waals surface area (Å²) < 4.78 is 0.954. The lowest BCUT2D eigenvalue weighted by atomic mass is 9.81. The van der Waals surface area contributed by atoms with Gasteiger partial charge in [0.2, 0.25) is 17.7 Å². The number of aryl methyl sites for hydroxylation is 1. The van der Waals surface area contributed by atoms with Crippen LogP contribution in [0.5, 0.6) is 0 Å². The van der Waals surface area contributed by atoms with Crippen molar-refractivity contribution >= 4 is 39.3 Å². The van der Waals surface area contributed by atoms with Gasteiger partial charge in [-0.15, -0.1) is 0 Å². The molecule has 1 N–H and O–H groups in total. The van der Waals surface area contributed by atoms with Crippen molar-refractivity contribution in [3.8, 4) is 0 Å². The summed E-state index contributed by atoms with van der Waals surface area (Å²) in [6, 6.07) is 5.66. The molecule has 2 saturated carbocycles. The Morgan fingerprint density at radius 3 is 2.44 bits per heavy atom. The van der Waals surface area contributed by atoms with Gasteiger partial charge in [0.15, 0.2) is 0 Å². The molecule has 0 radical (unpaired) electrons. The minimum Gasteiger partial charge on any atom is -0.324 e. The van der Waals surface area contributed by atoms with Gasteiger partial charge in [-0.25, -0.2) is 0 Å². The van der Waals surface area contributed by atoms with Crippen LogP contribution in [0.15, 0.2) is 22.7 Å². The molecule has 0 spiro atoms. The first-order valence-corrected chi connectivity index (χ1v) is 9.72. The fraction of sp³-hybridized carbons (Fsp3) is 0.526. The normalized spacial score (nSPS) is 30.1. The van der Waals surface area contributed by atoms with E-state index in [9.17, 15) is 14.4 Å². The number of likely N-dealkylation sites (tertiary alicyclic amines) is 1. The van der Waals surface area contributed by atoms with E-state index in [0.29, 0.717) is 11.8 Å². The maximum absolute atomic E-state index is 12.7. The van der Waals surface area contributed by atoms with E-state index < -0.39 is 0 Å². The molecule has 6 heteroatoms. The lowest BCUT2D eigenvalue weighted by Gasteiger charge is -2.19. The first-order valence-electron chi connectivity index (χ1n) is 8.93. The third-order valence-corrected chi connectivity index (χ3v) is 6.54. The molecule has 5 nitrogen and oxygen atoms in total. The molecular weight excluding hydrogens is 384 g/mol. The molecule has 3 amide bonds. The van der Waals surface area contributed by atoms with Crippen molar-refractivity contribution in [2.45, 2.75) is 32.6 Å². The number of benzene rings is 1. The highest BCUT2D eigenvalue weighted by molar-refractivity contribution is 9.10. The van der Waals surface area contributed by atoms with Crippen molar-refractivity contribution < 1.29 is 14.4 Å². The summed E-state index contributed by atoms with van der Waals surface area (Å²) in [6.07, 6.45) is 3.88. The molecule has 1 aliphatic heterocycles. The molecule has 25 heavy (non-hydrogen) atoms. The summed E-state index contributed by atoms with van der Waals surface area (Å²) in [5.74, 6) is -0.231. The second-order valence-corrected chi connectivity index (χ2v) is 8.27. The second-order valence-electron chi connectivity index (χ2n) is 7.35. The molecule has 132 valence electrons. The fourth-order valence-electron chi connectivity index (χ4n) is 4.94. The largest absolute Gasteiger partial charge is 0.324 e. The quantitative estimate of drug-likeness (QED) is 0.784. The highest BCUT2D eigenvalue weighted by atomic mass is 79.9. The summed E-state index contributed by atoms with van der Waals surface area (Å²) in [5, 5.41) is 2.85. The average Bonchev–Trinajstić information content (AvgIpc) is 3.26. The maximum Gasteiger partial charge on any atom is 0.244 e. The Morgan fingerprint density at radius 1 is 1.20 bits per heavy atom. The third-order valence-electron chi connectivity index (χ3n) is 6.04. The van der Waals surface area contributed by atoms with Crippen molar-refractivity contribution in [1.29, 1.82) is 0 Å². The number of carbonyl (C=O) groups excluding carboxylic acids is 3. The zero-order valence-electron chi connectivity index (χ0n) is 14.1. The topological polar surface area (TPSA) is 66.5 Å². The molecular formula is C19H21BrN2O3. The third kappa shape index (κ3) is 2.71. The Labute approximate surface area is 155 Å². The number of amides is 3. The van der Waals surface area contributed by atoms with E-state index in [1.54, 1.807) is 0 Å². The van der Waals surface area contributed by atoms with Crippen LogP contribution in [-0.4, -0.2) is 29.2 Å². The van der Waals surface area contributed by atoms with Gasteiger partial charge >= 0.3 is 0 Å². The van der Waals surface area contributed by atoms with Crippen LogP contribution in [0.25, 0.3) is 0 Å². The van der Waals surface area contributed by atoms with Gasteiger partial charge in [-0.05, 0) is 61.3 Å². The number of imide groups is 1. The smallest absolute Gasteiger partial charge is 0.244 e. The van der Waals surface area contributed by atoms with Crippen molar-refractivity contribution in [3.05, 3.63) is 28.2 Å². The van der Waals surface area contributed by atoms with Gasteiger partial charge in [0.05, 0.1) is 11.8 Å². The summed E-state index contributed by atoms with van der Waals surface area (Å²) in [6.45, 7) is 1.84. The Hall–Kier alpha value is -1.69. The van der Waals surface area contributed by atoms with E-state index >= 15 is 0 Å². The van der Waals surface area contributed by atoms with Gasteiger partial charge in [0.25, 0.3) is 0 Å². The molecule has 2 aliphatic carbocycles. The van der Waals surface area contributed by atoms with E-state index in [2.05, 4.69) is 21.2 Å². The molecule has 3 aliphatic rings. The molecule has 0 unspecified atom stereocenters. The minimum absolute atomic E-state index is 0.135. The summed E-state index contributed by atoms with van der Waals surface area (Å²) in [4.78, 5) is 39.0. The Bertz CT molecular complexity index is 735. The van der Waals surface area contributed by atoms with Crippen LogP contribution in [0, 0.1) is 23.7 Å². The summed E-state index contributed by atoms with van der Waals surface area (Å²) >= 11 is 3.42. The summed E-state index contributed by atoms with van der Waals surface area (Å²) in [5.41, 5.74) is 1.74. The number of anilines is 1. The van der Waals surface area contributed by atoms with Crippen molar-refractivity contribution in [2.24, 2.45) is 23.7 Å². The monoisotopic (exact) mass is 404 g/mol. The summed E-state index contributed by atoms with van der Waals surface area (Å²) in [7, 11) is 0. The maximum atomic E-state index is 12.7. The van der Waals surface area contributed by atoms with E-state index in [0.717, 1.165) is 41.4 Å². The number of nitrogens with one attached hydrogen (secondary N) is 1. The second kappa shape index (κ2) is 6.24. The van der Waals surface area contributed by atoms with E-state index in [1.165, 1.54) is 4.90 Å². The molecule has 4 rings (SSSR count). The molecule has 1 aromatic rings. The van der Waals surface area contributed by atoms with E-state index in [1.807, 2.05) is 25.1 Å². The number of hydrogen-bond donors (Lipinski definition) is 1. The van der Waals surface area contributed by atoms with Crippen LogP contribution >= 0.6 is 15.9 Å². The number of carbonyl (C=O) groups is 3. The fourth-order valence-corrected chi connectivity index (χ4v) is 5.34. The molecule has 1 aromatic carbocycles. The van der Waals surface area contributed by atoms with E-state index in [4.69, 9.17) is 0 Å². The first-order chi connectivity index (χ1) is 12.0. The van der Waals surface area contributed by atoms with Crippen molar-refractivity contribution in [2.75, 3.05) is 11.9 Å². The Balaban J connectivity index is 1.47. The van der Waals surface area contributed by atoms with Crippen LogP contribution in [0.1, 0.15) is 31.7 Å². The predicted octanol–water partition coefficient (Wildman–Crippen LogP) is 2.98. The highest BCUT2D eigenvalue weighted by Gasteiger charge is 2.60. The zero-order valence-corrected chi connectivity index (χ0v) is 15.7. The molecule has 1 saturated heterocycles. The molecule has 2 bridgehead atoms. The highest BCUT2D eigenvalue weighted by Crippen LogP contribution is 2.56. The van der Waals surface area contributed by atoms with E-state index in [-0.39, 0.29) is 36.1 Å². The van der Waals surface area contributed by atoms with Crippen molar-refractivity contribution in [1.82, 2.24) is 4.90 Å². The van der Waals surface area contributed by atoms with Crippen LogP contribution in [-0.2, 0) is 20.8 Å². The standard InChI is InChI=1S/C19H21BrN2O3/c1-2-10-8-13(20)5-6-14(10)21-15(23)9-22-18(24)16-11-3-4-12(7-11)17(16)19(22)25/h5-6,8,11-12,16-17H,2-4,7,9H2,1H3,(H,21,23)/t11-,12+,16-,17+. The van der Waals surface area contributed by atoms with Crippen LogP contribution < -0.4 is 5.32 Å². The van der Waals surface area contributed by atoms with Gasteiger partial charge < -0.3 is 5.32 Å². The number of nitrogens with zero attached hydrogens (tertiary/aromatic N) is 1. The van der Waals surface area contributed by atoms with Gasteiger partial charge in [-0.2, -0.15) is 0 Å². The molecule has 1 heterocycles. The van der Waals surface area contributed by atoms with Crippen LogP contribution in [0.2, 0.25) is 0 Å². The SMILES string of the molecule is CCc1cc(Br)ccc1NC(=O)CN1C(=O)[C@@H]2[C@@H]3CC[C@@H](C3)[C@@H]2C1=O.